The summed E-state index contributed by atoms with van der Waals surface area (Å²) in [6, 6.07) is 4.62. The van der Waals surface area contributed by atoms with Crippen molar-refractivity contribution in [2.45, 2.75) is 12.3 Å². The summed E-state index contributed by atoms with van der Waals surface area (Å²) in [5.74, 6) is 0. The van der Waals surface area contributed by atoms with E-state index in [1.807, 2.05) is 0 Å². The van der Waals surface area contributed by atoms with Crippen molar-refractivity contribution in [2.24, 2.45) is 0 Å². The molecule has 0 saturated heterocycles. The van der Waals surface area contributed by atoms with Crippen LogP contribution in [0.2, 0.25) is 0 Å². The standard InChI is InChI=1S/C9H9F3O2/c10-9(11,12)7-4-2-1-3-6(7)8(14)5-13/h1-4,8,13-14H,5H2. The topological polar surface area (TPSA) is 40.5 Å². The summed E-state index contributed by atoms with van der Waals surface area (Å²) in [4.78, 5) is 0. The summed E-state index contributed by atoms with van der Waals surface area (Å²) >= 11 is 0. The number of alkyl halides is 3. The zero-order valence-corrected chi connectivity index (χ0v) is 7.12. The molecule has 2 N–H and O–H groups in total. The van der Waals surface area contributed by atoms with E-state index in [0.29, 0.717) is 0 Å². The molecule has 0 heterocycles. The highest BCUT2D eigenvalue weighted by Crippen LogP contribution is 2.34. The maximum Gasteiger partial charge on any atom is 0.416 e. The Morgan fingerprint density at radius 1 is 1.21 bits per heavy atom. The molecule has 0 aromatic heterocycles. The lowest BCUT2D eigenvalue weighted by Gasteiger charge is -2.15. The Morgan fingerprint density at radius 2 is 1.79 bits per heavy atom. The van der Waals surface area contributed by atoms with E-state index in [9.17, 15) is 13.2 Å². The van der Waals surface area contributed by atoms with Crippen LogP contribution < -0.4 is 0 Å². The quantitative estimate of drug-likeness (QED) is 0.773. The molecule has 0 aliphatic rings. The fourth-order valence-electron chi connectivity index (χ4n) is 1.14. The number of benzene rings is 1. The molecule has 0 aliphatic heterocycles. The number of aliphatic hydroxyl groups excluding tert-OH is 2. The van der Waals surface area contributed by atoms with Crippen LogP contribution >= 0.6 is 0 Å². The maximum atomic E-state index is 12.4. The van der Waals surface area contributed by atoms with Crippen LogP contribution in [0.1, 0.15) is 17.2 Å². The zero-order chi connectivity index (χ0) is 10.8. The smallest absolute Gasteiger partial charge is 0.393 e. The van der Waals surface area contributed by atoms with Crippen molar-refractivity contribution < 1.29 is 23.4 Å². The summed E-state index contributed by atoms with van der Waals surface area (Å²) in [5.41, 5.74) is -1.22. The van der Waals surface area contributed by atoms with Gasteiger partial charge in [-0.05, 0) is 11.6 Å². The monoisotopic (exact) mass is 206 g/mol. The number of hydrogen-bond acceptors (Lipinski definition) is 2. The average molecular weight is 206 g/mol. The summed E-state index contributed by atoms with van der Waals surface area (Å²) in [6.07, 6.45) is -6.00. The summed E-state index contributed by atoms with van der Waals surface area (Å²) in [6.45, 7) is -0.729. The Labute approximate surface area is 78.6 Å². The van der Waals surface area contributed by atoms with Crippen LogP contribution in [0, 0.1) is 0 Å². The molecular weight excluding hydrogens is 197 g/mol. The van der Waals surface area contributed by atoms with Gasteiger partial charge in [0, 0.05) is 0 Å². The molecule has 0 fully saturated rings. The van der Waals surface area contributed by atoms with E-state index < -0.39 is 24.5 Å². The predicted octanol–water partition coefficient (Wildman–Crippen LogP) is 1.73. The molecule has 1 unspecified atom stereocenters. The predicted molar refractivity (Wildman–Crippen MR) is 43.5 cm³/mol. The Bertz CT molecular complexity index is 309. The number of aliphatic hydroxyl groups is 2. The van der Waals surface area contributed by atoms with Gasteiger partial charge in [-0.1, -0.05) is 18.2 Å². The van der Waals surface area contributed by atoms with Crippen molar-refractivity contribution in [1.29, 1.82) is 0 Å². The van der Waals surface area contributed by atoms with E-state index in [2.05, 4.69) is 0 Å². The van der Waals surface area contributed by atoms with Crippen molar-refractivity contribution in [3.8, 4) is 0 Å². The molecule has 1 rings (SSSR count). The van der Waals surface area contributed by atoms with E-state index in [0.717, 1.165) is 12.1 Å². The Balaban J connectivity index is 3.16. The first-order valence-corrected chi connectivity index (χ1v) is 3.92. The van der Waals surface area contributed by atoms with Gasteiger partial charge in [0.25, 0.3) is 0 Å². The van der Waals surface area contributed by atoms with Crippen molar-refractivity contribution in [2.75, 3.05) is 6.61 Å². The average Bonchev–Trinajstić information content (AvgIpc) is 2.15. The van der Waals surface area contributed by atoms with Crippen LogP contribution in [0.3, 0.4) is 0 Å². The van der Waals surface area contributed by atoms with Crippen LogP contribution in [-0.2, 0) is 6.18 Å². The lowest BCUT2D eigenvalue weighted by atomic mass is 10.0. The molecule has 0 spiro atoms. The molecule has 5 heteroatoms. The second-order valence-corrected chi connectivity index (χ2v) is 2.78. The molecule has 1 aromatic carbocycles. The normalized spacial score (nSPS) is 14.1. The second-order valence-electron chi connectivity index (χ2n) is 2.78. The molecular formula is C9H9F3O2. The van der Waals surface area contributed by atoms with Gasteiger partial charge in [0.15, 0.2) is 0 Å². The van der Waals surface area contributed by atoms with Gasteiger partial charge < -0.3 is 10.2 Å². The SMILES string of the molecule is OCC(O)c1ccccc1C(F)(F)F. The molecule has 2 nitrogen and oxygen atoms in total. The van der Waals surface area contributed by atoms with Gasteiger partial charge in [-0.15, -0.1) is 0 Å². The fourth-order valence-corrected chi connectivity index (χ4v) is 1.14. The molecule has 0 radical (unpaired) electrons. The lowest BCUT2D eigenvalue weighted by molar-refractivity contribution is -0.139. The zero-order valence-electron chi connectivity index (χ0n) is 7.12. The van der Waals surface area contributed by atoms with E-state index in [-0.39, 0.29) is 5.56 Å². The van der Waals surface area contributed by atoms with Crippen molar-refractivity contribution in [3.05, 3.63) is 35.4 Å². The highest BCUT2D eigenvalue weighted by molar-refractivity contribution is 5.31. The first-order chi connectivity index (χ1) is 6.46. The molecule has 1 aromatic rings. The second kappa shape index (κ2) is 3.98. The van der Waals surface area contributed by atoms with E-state index in [4.69, 9.17) is 10.2 Å². The van der Waals surface area contributed by atoms with Crippen LogP contribution in [0.5, 0.6) is 0 Å². The van der Waals surface area contributed by atoms with Gasteiger partial charge in [-0.25, -0.2) is 0 Å². The van der Waals surface area contributed by atoms with E-state index >= 15 is 0 Å². The highest BCUT2D eigenvalue weighted by atomic mass is 19.4. The highest BCUT2D eigenvalue weighted by Gasteiger charge is 2.34. The Morgan fingerprint density at radius 3 is 2.29 bits per heavy atom. The van der Waals surface area contributed by atoms with E-state index in [1.165, 1.54) is 12.1 Å². The van der Waals surface area contributed by atoms with Crippen molar-refractivity contribution in [1.82, 2.24) is 0 Å². The molecule has 14 heavy (non-hydrogen) atoms. The van der Waals surface area contributed by atoms with Gasteiger partial charge in [-0.3, -0.25) is 0 Å². The minimum atomic E-state index is -4.51. The number of halogens is 3. The molecule has 0 amide bonds. The van der Waals surface area contributed by atoms with Crippen LogP contribution in [0.4, 0.5) is 13.2 Å². The lowest BCUT2D eigenvalue weighted by Crippen LogP contribution is -2.13. The third kappa shape index (κ3) is 2.24. The van der Waals surface area contributed by atoms with Crippen molar-refractivity contribution >= 4 is 0 Å². The van der Waals surface area contributed by atoms with Crippen LogP contribution in [0.25, 0.3) is 0 Å². The van der Waals surface area contributed by atoms with Gasteiger partial charge in [0.05, 0.1) is 12.2 Å². The third-order valence-electron chi connectivity index (χ3n) is 1.80. The van der Waals surface area contributed by atoms with Gasteiger partial charge in [0.1, 0.15) is 6.10 Å². The fraction of sp³-hybridized carbons (Fsp3) is 0.333. The molecule has 0 bridgehead atoms. The molecule has 0 aliphatic carbocycles. The molecule has 78 valence electrons. The summed E-state index contributed by atoms with van der Waals surface area (Å²) in [5, 5.41) is 17.7. The summed E-state index contributed by atoms with van der Waals surface area (Å²) < 4.78 is 37.1. The Kier molecular flexibility index (Phi) is 3.13. The minimum absolute atomic E-state index is 0.303. The van der Waals surface area contributed by atoms with Crippen molar-refractivity contribution in [3.63, 3.8) is 0 Å². The number of rotatable bonds is 2. The van der Waals surface area contributed by atoms with Crippen LogP contribution in [0.15, 0.2) is 24.3 Å². The maximum absolute atomic E-state index is 12.4. The van der Waals surface area contributed by atoms with Gasteiger partial charge in [-0.2, -0.15) is 13.2 Å². The third-order valence-corrected chi connectivity index (χ3v) is 1.80. The molecule has 0 saturated carbocycles. The first-order valence-electron chi connectivity index (χ1n) is 3.92. The van der Waals surface area contributed by atoms with Crippen LogP contribution in [-0.4, -0.2) is 16.8 Å². The largest absolute Gasteiger partial charge is 0.416 e. The van der Waals surface area contributed by atoms with Gasteiger partial charge >= 0.3 is 6.18 Å². The summed E-state index contributed by atoms with van der Waals surface area (Å²) in [7, 11) is 0. The van der Waals surface area contributed by atoms with Gasteiger partial charge in [0.2, 0.25) is 0 Å². The minimum Gasteiger partial charge on any atom is -0.393 e. The van der Waals surface area contributed by atoms with E-state index in [1.54, 1.807) is 0 Å². The Hall–Kier alpha value is -1.07. The number of hydrogen-bond donors (Lipinski definition) is 2. The molecule has 1 atom stereocenters. The first kappa shape index (κ1) is 11.0.